The van der Waals surface area contributed by atoms with Gasteiger partial charge in [0.25, 0.3) is 0 Å². The molecule has 0 aliphatic carbocycles. The summed E-state index contributed by atoms with van der Waals surface area (Å²) in [6.07, 6.45) is -2.94. The average molecular weight is 260 g/mol. The number of rotatable bonds is 2. The second kappa shape index (κ2) is 4.63. The van der Waals surface area contributed by atoms with Gasteiger partial charge in [0, 0.05) is 0 Å². The van der Waals surface area contributed by atoms with Crippen LogP contribution in [0.25, 0.3) is 0 Å². The number of aliphatic hydroxyl groups is 3. The first-order chi connectivity index (χ1) is 8.04. The highest BCUT2D eigenvalue weighted by molar-refractivity contribution is 7.71. The van der Waals surface area contributed by atoms with Crippen molar-refractivity contribution in [3.63, 3.8) is 0 Å². The number of hydrogen-bond acceptors (Lipinski definition) is 8. The Bertz CT molecular complexity index is 467. The van der Waals surface area contributed by atoms with Crippen molar-refractivity contribution in [2.75, 3.05) is 12.3 Å². The molecule has 94 valence electrons. The predicted octanol–water partition coefficient (Wildman–Crippen LogP) is -1.80. The molecule has 17 heavy (non-hydrogen) atoms. The number of nitrogens with two attached hydrogens (primary N) is 1. The maximum atomic E-state index is 9.77. The molecule has 2 heterocycles. The lowest BCUT2D eigenvalue weighted by Crippen LogP contribution is -2.33. The van der Waals surface area contributed by atoms with Crippen LogP contribution in [0.3, 0.4) is 0 Å². The van der Waals surface area contributed by atoms with E-state index in [0.717, 1.165) is 0 Å². The first kappa shape index (κ1) is 12.3. The highest BCUT2D eigenvalue weighted by atomic mass is 32.1. The number of aliphatic hydroxyl groups excluding tert-OH is 3. The Morgan fingerprint density at radius 3 is 2.71 bits per heavy atom. The third-order valence-electron chi connectivity index (χ3n) is 2.54. The predicted molar refractivity (Wildman–Crippen MR) is 58.3 cm³/mol. The van der Waals surface area contributed by atoms with Gasteiger partial charge in [0.2, 0.25) is 10.7 Å². The number of nitrogens with zero attached hydrogens (tertiary/aromatic N) is 3. The highest BCUT2D eigenvalue weighted by Gasteiger charge is 2.43. The summed E-state index contributed by atoms with van der Waals surface area (Å²) in [4.78, 5) is 7.46. The molecule has 1 aliphatic rings. The molecule has 2 unspecified atom stereocenters. The van der Waals surface area contributed by atoms with Crippen molar-refractivity contribution in [2.45, 2.75) is 24.5 Å². The fraction of sp³-hybridized carbons (Fsp3) is 0.625. The molecule has 8 nitrogen and oxygen atoms in total. The largest absolute Gasteiger partial charge is 0.394 e. The molecule has 9 heteroatoms. The lowest BCUT2D eigenvalue weighted by molar-refractivity contribution is -0.0545. The van der Waals surface area contributed by atoms with Crippen molar-refractivity contribution >= 4 is 18.2 Å². The van der Waals surface area contributed by atoms with E-state index >= 15 is 0 Å². The maximum absolute atomic E-state index is 9.77. The van der Waals surface area contributed by atoms with E-state index in [1.165, 1.54) is 10.9 Å². The molecule has 2 rings (SSSR count). The van der Waals surface area contributed by atoms with Gasteiger partial charge in [-0.25, -0.2) is 4.98 Å². The van der Waals surface area contributed by atoms with Crippen LogP contribution in [0.15, 0.2) is 6.33 Å². The first-order valence-electron chi connectivity index (χ1n) is 4.87. The first-order valence-corrected chi connectivity index (χ1v) is 5.28. The van der Waals surface area contributed by atoms with E-state index in [0.29, 0.717) is 0 Å². The highest BCUT2D eigenvalue weighted by Crippen LogP contribution is 2.28. The van der Waals surface area contributed by atoms with Crippen molar-refractivity contribution in [1.82, 2.24) is 14.5 Å². The standard InChI is InChI=1S/C8H12N4O4S/c9-7-10-2-12(8(17)11-7)6-5(15)4(14)3(1-13)16-6/h2-6,13-15H,1H2,(H2,9,11,17)/t3-,4?,5?,6-/m1/s1. The molecule has 0 aromatic carbocycles. The Kier molecular flexibility index (Phi) is 3.35. The van der Waals surface area contributed by atoms with Crippen molar-refractivity contribution in [3.05, 3.63) is 11.1 Å². The van der Waals surface area contributed by atoms with Crippen LogP contribution in [-0.4, -0.2) is 54.8 Å². The van der Waals surface area contributed by atoms with Gasteiger partial charge in [-0.15, -0.1) is 0 Å². The molecular formula is C8H12N4O4S. The number of aromatic nitrogens is 3. The van der Waals surface area contributed by atoms with E-state index < -0.39 is 31.1 Å². The molecule has 0 bridgehead atoms. The van der Waals surface area contributed by atoms with Gasteiger partial charge in [-0.2, -0.15) is 4.98 Å². The number of ether oxygens (including phenoxy) is 1. The zero-order valence-electron chi connectivity index (χ0n) is 8.67. The van der Waals surface area contributed by atoms with Crippen molar-refractivity contribution in [3.8, 4) is 0 Å². The summed E-state index contributed by atoms with van der Waals surface area (Å²) in [6, 6.07) is 0. The van der Waals surface area contributed by atoms with Crippen molar-refractivity contribution < 1.29 is 20.1 Å². The van der Waals surface area contributed by atoms with Crippen LogP contribution in [0, 0.1) is 4.77 Å². The lowest BCUT2D eigenvalue weighted by atomic mass is 10.1. The maximum Gasteiger partial charge on any atom is 0.224 e. The molecule has 0 spiro atoms. The van der Waals surface area contributed by atoms with Crippen LogP contribution in [0.5, 0.6) is 0 Å². The third kappa shape index (κ3) is 2.15. The molecule has 1 aromatic heterocycles. The molecule has 0 amide bonds. The van der Waals surface area contributed by atoms with E-state index in [9.17, 15) is 10.2 Å². The van der Waals surface area contributed by atoms with E-state index in [1.807, 2.05) is 0 Å². The number of anilines is 1. The quantitative estimate of drug-likeness (QED) is 0.459. The second-order valence-corrected chi connectivity index (χ2v) is 4.00. The summed E-state index contributed by atoms with van der Waals surface area (Å²) in [5, 5.41) is 28.3. The van der Waals surface area contributed by atoms with Gasteiger partial charge in [0.15, 0.2) is 6.23 Å². The normalized spacial score (nSPS) is 32.9. The van der Waals surface area contributed by atoms with Crippen LogP contribution in [-0.2, 0) is 4.74 Å². The second-order valence-electron chi connectivity index (χ2n) is 3.63. The number of nitrogen functional groups attached to an aromatic ring is 1. The summed E-state index contributed by atoms with van der Waals surface area (Å²) in [5.41, 5.74) is 5.35. The lowest BCUT2D eigenvalue weighted by Gasteiger charge is -2.17. The summed E-state index contributed by atoms with van der Waals surface area (Å²) in [6.45, 7) is -0.405. The SMILES string of the molecule is Nc1ncn([C@@H]2O[C@H](CO)C(O)C2O)c(=S)n1. The van der Waals surface area contributed by atoms with Gasteiger partial charge < -0.3 is 25.8 Å². The van der Waals surface area contributed by atoms with E-state index in [4.69, 9.17) is 27.8 Å². The topological polar surface area (TPSA) is 127 Å². The summed E-state index contributed by atoms with van der Waals surface area (Å²) >= 11 is 4.94. The van der Waals surface area contributed by atoms with Crippen LogP contribution in [0.2, 0.25) is 0 Å². The fourth-order valence-electron chi connectivity index (χ4n) is 1.64. The molecule has 0 saturated carbocycles. The van der Waals surface area contributed by atoms with Gasteiger partial charge in [-0.05, 0) is 12.2 Å². The Morgan fingerprint density at radius 2 is 2.18 bits per heavy atom. The molecule has 1 aromatic rings. The van der Waals surface area contributed by atoms with Gasteiger partial charge >= 0.3 is 0 Å². The minimum Gasteiger partial charge on any atom is -0.394 e. The average Bonchev–Trinajstić information content (AvgIpc) is 2.57. The third-order valence-corrected chi connectivity index (χ3v) is 2.84. The Labute approximate surface area is 101 Å². The molecule has 1 aliphatic heterocycles. The monoisotopic (exact) mass is 260 g/mol. The van der Waals surface area contributed by atoms with Crippen LogP contribution < -0.4 is 5.73 Å². The summed E-state index contributed by atoms with van der Waals surface area (Å²) in [5.74, 6) is 0.0120. The minimum absolute atomic E-state index is 0.0120. The van der Waals surface area contributed by atoms with Crippen LogP contribution in [0.4, 0.5) is 5.95 Å². The van der Waals surface area contributed by atoms with E-state index in [2.05, 4.69) is 9.97 Å². The Hall–Kier alpha value is -1.13. The van der Waals surface area contributed by atoms with Crippen LogP contribution >= 0.6 is 12.2 Å². The number of hydrogen-bond donors (Lipinski definition) is 4. The van der Waals surface area contributed by atoms with E-state index in [-0.39, 0.29) is 10.7 Å². The van der Waals surface area contributed by atoms with Crippen molar-refractivity contribution in [1.29, 1.82) is 0 Å². The zero-order valence-corrected chi connectivity index (χ0v) is 9.49. The van der Waals surface area contributed by atoms with Crippen LogP contribution in [0.1, 0.15) is 6.23 Å². The summed E-state index contributed by atoms with van der Waals surface area (Å²) < 4.78 is 6.62. The van der Waals surface area contributed by atoms with E-state index in [1.54, 1.807) is 0 Å². The molecule has 0 radical (unpaired) electrons. The van der Waals surface area contributed by atoms with Crippen molar-refractivity contribution in [2.24, 2.45) is 0 Å². The molecule has 1 fully saturated rings. The fourth-order valence-corrected chi connectivity index (χ4v) is 1.88. The molecule has 5 N–H and O–H groups in total. The molecule has 4 atom stereocenters. The molecule has 1 saturated heterocycles. The zero-order chi connectivity index (χ0) is 12.6. The Morgan fingerprint density at radius 1 is 1.47 bits per heavy atom. The molecular weight excluding hydrogens is 248 g/mol. The van der Waals surface area contributed by atoms with Gasteiger partial charge in [0.05, 0.1) is 6.61 Å². The smallest absolute Gasteiger partial charge is 0.224 e. The Balaban J connectivity index is 2.32. The summed E-state index contributed by atoms with van der Waals surface area (Å²) in [7, 11) is 0. The van der Waals surface area contributed by atoms with Gasteiger partial charge in [0.1, 0.15) is 24.6 Å². The van der Waals surface area contributed by atoms with Gasteiger partial charge in [-0.3, -0.25) is 4.57 Å². The van der Waals surface area contributed by atoms with Gasteiger partial charge in [-0.1, -0.05) is 0 Å². The minimum atomic E-state index is -1.22.